The van der Waals surface area contributed by atoms with Crippen molar-refractivity contribution in [2.45, 2.75) is 12.8 Å². The van der Waals surface area contributed by atoms with E-state index in [1.807, 2.05) is 30.3 Å². The zero-order valence-corrected chi connectivity index (χ0v) is 12.0. The van der Waals surface area contributed by atoms with Crippen LogP contribution in [0.3, 0.4) is 0 Å². The molecule has 0 bridgehead atoms. The van der Waals surface area contributed by atoms with Gasteiger partial charge in [-0.1, -0.05) is 24.3 Å². The molecule has 5 nitrogen and oxygen atoms in total. The third-order valence-corrected chi connectivity index (χ3v) is 2.93. The van der Waals surface area contributed by atoms with Crippen molar-refractivity contribution in [2.24, 2.45) is 0 Å². The first-order valence-corrected chi connectivity index (χ1v) is 6.98. The molecule has 0 aliphatic heterocycles. The van der Waals surface area contributed by atoms with Crippen LogP contribution in [-0.4, -0.2) is 23.5 Å². The molecule has 114 valence electrons. The lowest BCUT2D eigenvalue weighted by Crippen LogP contribution is -2.24. The van der Waals surface area contributed by atoms with Crippen LogP contribution < -0.4 is 10.1 Å². The van der Waals surface area contributed by atoms with Crippen LogP contribution in [0.4, 0.5) is 0 Å². The summed E-state index contributed by atoms with van der Waals surface area (Å²) in [6, 6.07) is 16.1. The minimum absolute atomic E-state index is 0.0391. The summed E-state index contributed by atoms with van der Waals surface area (Å²) in [6.07, 6.45) is 0.443. The lowest BCUT2D eigenvalue weighted by molar-refractivity contribution is -0.137. The molecule has 0 heterocycles. The summed E-state index contributed by atoms with van der Waals surface area (Å²) in [7, 11) is 0. The summed E-state index contributed by atoms with van der Waals surface area (Å²) in [4.78, 5) is 22.4. The number of hydrogen-bond donors (Lipinski definition) is 2. The Labute approximate surface area is 128 Å². The van der Waals surface area contributed by atoms with E-state index in [-0.39, 0.29) is 12.3 Å². The van der Waals surface area contributed by atoms with Crippen molar-refractivity contribution in [3.8, 4) is 11.5 Å². The van der Waals surface area contributed by atoms with E-state index in [0.29, 0.717) is 30.0 Å². The van der Waals surface area contributed by atoms with Gasteiger partial charge in [-0.2, -0.15) is 0 Å². The standard InChI is InChI=1S/C17H17NO4/c19-16(20)10-5-11-18-17(21)13-6-4-9-15(12-13)22-14-7-2-1-3-8-14/h1-4,6-9,12H,5,10-11H2,(H,18,21)(H,19,20). The highest BCUT2D eigenvalue weighted by Crippen LogP contribution is 2.21. The van der Waals surface area contributed by atoms with Crippen molar-refractivity contribution < 1.29 is 19.4 Å². The Hall–Kier alpha value is -2.82. The van der Waals surface area contributed by atoms with Crippen LogP contribution >= 0.6 is 0 Å². The molecule has 0 fully saturated rings. The average molecular weight is 299 g/mol. The second-order valence-electron chi connectivity index (χ2n) is 4.70. The summed E-state index contributed by atoms with van der Waals surface area (Å²) >= 11 is 0. The van der Waals surface area contributed by atoms with E-state index in [1.54, 1.807) is 24.3 Å². The first-order valence-electron chi connectivity index (χ1n) is 6.98. The molecule has 0 atom stereocenters. The van der Waals surface area contributed by atoms with Gasteiger partial charge >= 0.3 is 5.97 Å². The summed E-state index contributed by atoms with van der Waals surface area (Å²) in [6.45, 7) is 0.328. The van der Waals surface area contributed by atoms with Gasteiger partial charge in [-0.25, -0.2) is 0 Å². The molecule has 5 heteroatoms. The number of amides is 1. The highest BCUT2D eigenvalue weighted by atomic mass is 16.5. The summed E-state index contributed by atoms with van der Waals surface area (Å²) in [5, 5.41) is 11.2. The topological polar surface area (TPSA) is 75.6 Å². The maximum Gasteiger partial charge on any atom is 0.303 e. The van der Waals surface area contributed by atoms with Gasteiger partial charge in [0.25, 0.3) is 5.91 Å². The Morgan fingerprint density at radius 1 is 1.00 bits per heavy atom. The predicted molar refractivity (Wildman–Crippen MR) is 82.2 cm³/mol. The number of aliphatic carboxylic acids is 1. The van der Waals surface area contributed by atoms with E-state index in [1.165, 1.54) is 0 Å². The molecule has 2 aromatic carbocycles. The van der Waals surface area contributed by atoms with Gasteiger partial charge in [0, 0.05) is 18.5 Å². The molecule has 22 heavy (non-hydrogen) atoms. The van der Waals surface area contributed by atoms with Gasteiger partial charge in [0.1, 0.15) is 11.5 Å². The highest BCUT2D eigenvalue weighted by Gasteiger charge is 2.07. The molecule has 0 unspecified atom stereocenters. The van der Waals surface area contributed by atoms with Gasteiger partial charge in [-0.05, 0) is 36.8 Å². The van der Waals surface area contributed by atoms with E-state index in [2.05, 4.69) is 5.32 Å². The molecule has 2 rings (SSSR count). The summed E-state index contributed by atoms with van der Waals surface area (Å²) in [5.41, 5.74) is 0.476. The first kappa shape index (κ1) is 15.6. The Morgan fingerprint density at radius 2 is 1.73 bits per heavy atom. The second-order valence-corrected chi connectivity index (χ2v) is 4.70. The first-order chi connectivity index (χ1) is 10.6. The van der Waals surface area contributed by atoms with Crippen LogP contribution in [0.25, 0.3) is 0 Å². The molecule has 1 amide bonds. The van der Waals surface area contributed by atoms with Crippen LogP contribution in [0.5, 0.6) is 11.5 Å². The van der Waals surface area contributed by atoms with E-state index in [9.17, 15) is 9.59 Å². The maximum absolute atomic E-state index is 12.0. The minimum atomic E-state index is -0.868. The molecule has 2 aromatic rings. The maximum atomic E-state index is 12.0. The quantitative estimate of drug-likeness (QED) is 0.770. The molecule has 0 spiro atoms. The van der Waals surface area contributed by atoms with Gasteiger partial charge in [0.05, 0.1) is 0 Å². The van der Waals surface area contributed by atoms with Gasteiger partial charge in [-0.3, -0.25) is 9.59 Å². The van der Waals surface area contributed by atoms with Crippen molar-refractivity contribution in [1.82, 2.24) is 5.32 Å². The van der Waals surface area contributed by atoms with Crippen LogP contribution in [0.15, 0.2) is 54.6 Å². The normalized spacial score (nSPS) is 10.0. The number of ether oxygens (including phenoxy) is 1. The third-order valence-electron chi connectivity index (χ3n) is 2.93. The average Bonchev–Trinajstić information content (AvgIpc) is 2.52. The fourth-order valence-electron chi connectivity index (χ4n) is 1.87. The zero-order valence-electron chi connectivity index (χ0n) is 12.0. The summed E-state index contributed by atoms with van der Waals surface area (Å²) < 4.78 is 5.67. The van der Waals surface area contributed by atoms with Crippen LogP contribution in [0.2, 0.25) is 0 Å². The van der Waals surface area contributed by atoms with Crippen molar-refractivity contribution in [1.29, 1.82) is 0 Å². The second kappa shape index (κ2) is 7.83. The highest BCUT2D eigenvalue weighted by molar-refractivity contribution is 5.94. The fourth-order valence-corrected chi connectivity index (χ4v) is 1.87. The number of carbonyl (C=O) groups excluding carboxylic acids is 1. The Balaban J connectivity index is 1.93. The molecule has 2 N–H and O–H groups in total. The van der Waals surface area contributed by atoms with Crippen molar-refractivity contribution in [3.05, 3.63) is 60.2 Å². The van der Waals surface area contributed by atoms with Crippen LogP contribution in [-0.2, 0) is 4.79 Å². The Bertz CT molecular complexity index is 640. The molecule has 0 aliphatic carbocycles. The van der Waals surface area contributed by atoms with Crippen LogP contribution in [0, 0.1) is 0 Å². The monoisotopic (exact) mass is 299 g/mol. The number of carboxylic acid groups (broad SMARTS) is 1. The molecular weight excluding hydrogens is 282 g/mol. The lowest BCUT2D eigenvalue weighted by Gasteiger charge is -2.08. The largest absolute Gasteiger partial charge is 0.481 e. The van der Waals surface area contributed by atoms with Crippen molar-refractivity contribution in [3.63, 3.8) is 0 Å². The molecule has 0 radical (unpaired) electrons. The molecule has 0 aromatic heterocycles. The number of para-hydroxylation sites is 1. The number of carbonyl (C=O) groups is 2. The molecule has 0 saturated carbocycles. The number of rotatable bonds is 7. The van der Waals surface area contributed by atoms with Gasteiger partial charge in [-0.15, -0.1) is 0 Å². The van der Waals surface area contributed by atoms with Crippen molar-refractivity contribution in [2.75, 3.05) is 6.54 Å². The Kier molecular flexibility index (Phi) is 5.54. The molecular formula is C17H17NO4. The molecule has 0 saturated heterocycles. The van der Waals surface area contributed by atoms with Gasteiger partial charge in [0.2, 0.25) is 0 Å². The molecule has 0 aliphatic rings. The van der Waals surface area contributed by atoms with Gasteiger partial charge in [0.15, 0.2) is 0 Å². The number of benzene rings is 2. The number of carboxylic acids is 1. The Morgan fingerprint density at radius 3 is 2.45 bits per heavy atom. The number of hydrogen-bond acceptors (Lipinski definition) is 3. The third kappa shape index (κ3) is 4.94. The van der Waals surface area contributed by atoms with E-state index >= 15 is 0 Å². The van der Waals surface area contributed by atoms with E-state index in [0.717, 1.165) is 0 Å². The fraction of sp³-hybridized carbons (Fsp3) is 0.176. The lowest BCUT2D eigenvalue weighted by atomic mass is 10.2. The van der Waals surface area contributed by atoms with Gasteiger partial charge < -0.3 is 15.2 Å². The van der Waals surface area contributed by atoms with E-state index in [4.69, 9.17) is 9.84 Å². The van der Waals surface area contributed by atoms with Crippen LogP contribution in [0.1, 0.15) is 23.2 Å². The number of nitrogens with one attached hydrogen (secondary N) is 1. The van der Waals surface area contributed by atoms with Crippen molar-refractivity contribution >= 4 is 11.9 Å². The zero-order chi connectivity index (χ0) is 15.8. The SMILES string of the molecule is O=C(O)CCCNC(=O)c1cccc(Oc2ccccc2)c1. The minimum Gasteiger partial charge on any atom is -0.481 e. The summed E-state index contributed by atoms with van der Waals surface area (Å²) in [5.74, 6) is 0.155. The smallest absolute Gasteiger partial charge is 0.303 e. The van der Waals surface area contributed by atoms with E-state index < -0.39 is 5.97 Å². The predicted octanol–water partition coefficient (Wildman–Crippen LogP) is 3.07.